The first-order valence-electron chi connectivity index (χ1n) is 11.3. The van der Waals surface area contributed by atoms with Crippen LogP contribution in [0.15, 0.2) is 71.6 Å². The van der Waals surface area contributed by atoms with Crippen molar-refractivity contribution in [3.8, 4) is 0 Å². The van der Waals surface area contributed by atoms with Crippen LogP contribution in [-0.4, -0.2) is 27.0 Å². The Labute approximate surface area is 201 Å². The molecular weight excluding hydrogens is 455 g/mol. The Hall–Kier alpha value is -3.88. The Balaban J connectivity index is 1.25. The van der Waals surface area contributed by atoms with Gasteiger partial charge in [-0.1, -0.05) is 29.5 Å². The lowest BCUT2D eigenvalue weighted by Crippen LogP contribution is -2.16. The Bertz CT molecular complexity index is 1210. The SMILES string of the molecule is CN(Cc1coc(C=Cc2ccc(C(F)(F)F)cc2)n1)c1ccc(CCCCn2ccnn2)cc1. The van der Waals surface area contributed by atoms with Gasteiger partial charge in [-0.2, -0.15) is 13.2 Å². The number of oxazole rings is 1. The van der Waals surface area contributed by atoms with Crippen molar-refractivity contribution in [2.24, 2.45) is 0 Å². The number of aryl methyl sites for hydroxylation is 2. The highest BCUT2D eigenvalue weighted by molar-refractivity contribution is 5.66. The van der Waals surface area contributed by atoms with E-state index >= 15 is 0 Å². The zero-order valence-corrected chi connectivity index (χ0v) is 19.3. The van der Waals surface area contributed by atoms with E-state index in [0.29, 0.717) is 18.0 Å². The molecule has 2 aromatic carbocycles. The minimum Gasteiger partial charge on any atom is -0.445 e. The minimum atomic E-state index is -4.34. The van der Waals surface area contributed by atoms with Crippen LogP contribution in [0, 0.1) is 0 Å². The third-order valence-electron chi connectivity index (χ3n) is 5.58. The molecule has 0 saturated carbocycles. The fourth-order valence-corrected chi connectivity index (χ4v) is 3.63. The summed E-state index contributed by atoms with van der Waals surface area (Å²) >= 11 is 0. The topological polar surface area (TPSA) is 60.0 Å². The third-order valence-corrected chi connectivity index (χ3v) is 5.58. The average Bonchev–Trinajstić information content (AvgIpc) is 3.53. The van der Waals surface area contributed by atoms with Gasteiger partial charge in [0.2, 0.25) is 5.89 Å². The fraction of sp³-hybridized carbons (Fsp3) is 0.269. The highest BCUT2D eigenvalue weighted by Gasteiger charge is 2.29. The summed E-state index contributed by atoms with van der Waals surface area (Å²) in [5.41, 5.74) is 3.08. The van der Waals surface area contributed by atoms with E-state index in [-0.39, 0.29) is 0 Å². The van der Waals surface area contributed by atoms with Crippen LogP contribution in [-0.2, 0) is 25.7 Å². The van der Waals surface area contributed by atoms with Gasteiger partial charge in [0.15, 0.2) is 0 Å². The molecular formula is C26H26F3N5O. The average molecular weight is 482 g/mol. The molecule has 182 valence electrons. The van der Waals surface area contributed by atoms with Gasteiger partial charge in [0, 0.05) is 31.6 Å². The summed E-state index contributed by atoms with van der Waals surface area (Å²) in [4.78, 5) is 6.53. The van der Waals surface area contributed by atoms with Crippen molar-refractivity contribution in [2.75, 3.05) is 11.9 Å². The number of hydrogen-bond acceptors (Lipinski definition) is 5. The number of halogens is 3. The van der Waals surface area contributed by atoms with Crippen LogP contribution in [0.5, 0.6) is 0 Å². The molecule has 0 aliphatic rings. The second-order valence-electron chi connectivity index (χ2n) is 8.28. The van der Waals surface area contributed by atoms with Crippen LogP contribution in [0.4, 0.5) is 18.9 Å². The molecule has 0 bridgehead atoms. The van der Waals surface area contributed by atoms with Gasteiger partial charge >= 0.3 is 6.18 Å². The predicted molar refractivity (Wildman–Crippen MR) is 128 cm³/mol. The molecule has 0 fully saturated rings. The first kappa shape index (κ1) is 24.3. The molecule has 2 heterocycles. The molecule has 0 amide bonds. The van der Waals surface area contributed by atoms with E-state index in [1.165, 1.54) is 17.7 Å². The van der Waals surface area contributed by atoms with Gasteiger partial charge in [-0.25, -0.2) is 4.98 Å². The maximum atomic E-state index is 12.7. The normalized spacial score (nSPS) is 11.9. The van der Waals surface area contributed by atoms with Gasteiger partial charge < -0.3 is 9.32 Å². The van der Waals surface area contributed by atoms with Crippen LogP contribution in [0.2, 0.25) is 0 Å². The second-order valence-corrected chi connectivity index (χ2v) is 8.28. The molecule has 6 nitrogen and oxygen atoms in total. The molecule has 0 spiro atoms. The molecule has 0 unspecified atom stereocenters. The lowest BCUT2D eigenvalue weighted by molar-refractivity contribution is -0.137. The summed E-state index contributed by atoms with van der Waals surface area (Å²) in [5, 5.41) is 7.78. The maximum Gasteiger partial charge on any atom is 0.416 e. The van der Waals surface area contributed by atoms with Gasteiger partial charge in [-0.15, -0.1) is 5.10 Å². The van der Waals surface area contributed by atoms with Gasteiger partial charge in [0.05, 0.1) is 24.0 Å². The van der Waals surface area contributed by atoms with E-state index in [0.717, 1.165) is 49.3 Å². The summed E-state index contributed by atoms with van der Waals surface area (Å²) in [6, 6.07) is 13.4. The third kappa shape index (κ3) is 7.05. The Morgan fingerprint density at radius 3 is 2.46 bits per heavy atom. The number of rotatable bonds is 10. The number of hydrogen-bond donors (Lipinski definition) is 0. The van der Waals surface area contributed by atoms with Crippen molar-refractivity contribution in [2.45, 2.75) is 38.5 Å². The monoisotopic (exact) mass is 481 g/mol. The van der Waals surface area contributed by atoms with Crippen molar-refractivity contribution in [3.05, 3.63) is 95.5 Å². The first-order valence-corrected chi connectivity index (χ1v) is 11.3. The van der Waals surface area contributed by atoms with E-state index in [9.17, 15) is 13.2 Å². The predicted octanol–water partition coefficient (Wildman–Crippen LogP) is 6.11. The van der Waals surface area contributed by atoms with Crippen molar-refractivity contribution in [1.82, 2.24) is 20.0 Å². The van der Waals surface area contributed by atoms with E-state index in [1.807, 2.05) is 17.9 Å². The molecule has 0 N–H and O–H groups in total. The Morgan fingerprint density at radius 2 is 1.77 bits per heavy atom. The second kappa shape index (κ2) is 11.0. The molecule has 0 aliphatic carbocycles. The molecule has 35 heavy (non-hydrogen) atoms. The lowest BCUT2D eigenvalue weighted by atomic mass is 10.1. The van der Waals surface area contributed by atoms with E-state index < -0.39 is 11.7 Å². The lowest BCUT2D eigenvalue weighted by Gasteiger charge is -2.18. The van der Waals surface area contributed by atoms with Crippen molar-refractivity contribution < 1.29 is 17.6 Å². The highest BCUT2D eigenvalue weighted by atomic mass is 19.4. The molecule has 9 heteroatoms. The van der Waals surface area contributed by atoms with Crippen molar-refractivity contribution in [1.29, 1.82) is 0 Å². The number of nitrogens with zero attached hydrogens (tertiary/aromatic N) is 5. The molecule has 0 aliphatic heterocycles. The maximum absolute atomic E-state index is 12.7. The number of anilines is 1. The van der Waals surface area contributed by atoms with Crippen molar-refractivity contribution >= 4 is 17.8 Å². The van der Waals surface area contributed by atoms with Gasteiger partial charge in [-0.05, 0) is 60.7 Å². The van der Waals surface area contributed by atoms with Crippen LogP contribution in [0.25, 0.3) is 12.2 Å². The zero-order valence-electron chi connectivity index (χ0n) is 19.3. The van der Waals surface area contributed by atoms with Gasteiger partial charge in [0.1, 0.15) is 6.26 Å². The number of unbranched alkanes of at least 4 members (excludes halogenated alkanes) is 1. The standard InChI is InChI=1S/C26H26F3N5O/c1-33(24-12-7-20(8-13-24)4-2-3-16-34-17-15-30-32-34)18-23-19-35-25(31-23)14-9-21-5-10-22(11-6-21)26(27,28)29/h5-15,17,19H,2-4,16,18H2,1H3. The number of aromatic nitrogens is 4. The molecule has 4 rings (SSSR count). The number of alkyl halides is 3. The fourth-order valence-electron chi connectivity index (χ4n) is 3.63. The van der Waals surface area contributed by atoms with Crippen molar-refractivity contribution in [3.63, 3.8) is 0 Å². The minimum absolute atomic E-state index is 0.398. The van der Waals surface area contributed by atoms with Gasteiger partial charge in [0.25, 0.3) is 0 Å². The quantitative estimate of drug-likeness (QED) is 0.256. The molecule has 0 saturated heterocycles. The Morgan fingerprint density at radius 1 is 1.00 bits per heavy atom. The zero-order chi connectivity index (χ0) is 24.7. The van der Waals surface area contributed by atoms with Crippen LogP contribution >= 0.6 is 0 Å². The Kier molecular flexibility index (Phi) is 7.64. The molecule has 4 aromatic rings. The van der Waals surface area contributed by atoms with E-state index in [1.54, 1.807) is 24.6 Å². The van der Waals surface area contributed by atoms with E-state index in [4.69, 9.17) is 4.42 Å². The summed E-state index contributed by atoms with van der Waals surface area (Å²) in [6.07, 6.45) is 7.26. The summed E-state index contributed by atoms with van der Waals surface area (Å²) in [7, 11) is 1.99. The smallest absolute Gasteiger partial charge is 0.416 e. The van der Waals surface area contributed by atoms with Gasteiger partial charge in [-0.3, -0.25) is 4.68 Å². The summed E-state index contributed by atoms with van der Waals surface area (Å²) in [6.45, 7) is 1.44. The number of benzene rings is 2. The summed E-state index contributed by atoms with van der Waals surface area (Å²) in [5.74, 6) is 0.398. The van der Waals surface area contributed by atoms with E-state index in [2.05, 4.69) is 44.5 Å². The summed E-state index contributed by atoms with van der Waals surface area (Å²) < 4.78 is 45.4. The molecule has 2 aromatic heterocycles. The largest absolute Gasteiger partial charge is 0.445 e. The van der Waals surface area contributed by atoms with Crippen LogP contribution in [0.3, 0.4) is 0 Å². The van der Waals surface area contributed by atoms with Crippen LogP contribution in [0.1, 0.15) is 41.1 Å². The molecule has 0 radical (unpaired) electrons. The first-order chi connectivity index (χ1) is 16.9. The molecule has 0 atom stereocenters. The van der Waals surface area contributed by atoms with Crippen LogP contribution < -0.4 is 4.90 Å². The highest BCUT2D eigenvalue weighted by Crippen LogP contribution is 2.29.